The van der Waals surface area contributed by atoms with Gasteiger partial charge in [0.05, 0.1) is 7.26 Å². The van der Waals surface area contributed by atoms with Gasteiger partial charge in [-0.3, -0.25) is 0 Å². The smallest absolute Gasteiger partial charge is 0.133 e. The molecule has 0 aromatic heterocycles. The topological polar surface area (TPSA) is 48.1 Å². The number of anilines is 4. The molecule has 4 nitrogen and oxygen atoms in total. The number of halogens is 1. The predicted octanol–water partition coefficient (Wildman–Crippen LogP) is 5.52. The third-order valence-electron chi connectivity index (χ3n) is 6.68. The Morgan fingerprint density at radius 1 is 0.368 bits per heavy atom. The van der Waals surface area contributed by atoms with Crippen molar-refractivity contribution in [3.8, 4) is 0 Å². The molecule has 4 rings (SSSR count). The molecule has 0 spiro atoms. The first-order chi connectivity index (χ1) is 17.9. The van der Waals surface area contributed by atoms with Gasteiger partial charge in [0, 0.05) is 22.7 Å². The lowest BCUT2D eigenvalue weighted by Crippen LogP contribution is -3.00. The number of nitrogens with one attached hydrogen (secondary N) is 4. The average Bonchev–Trinajstić information content (AvgIpc) is 2.91. The summed E-state index contributed by atoms with van der Waals surface area (Å²) >= 11 is 0. The van der Waals surface area contributed by atoms with Crippen LogP contribution in [0.1, 0.15) is 22.3 Å². The lowest BCUT2D eigenvalue weighted by Gasteiger charge is -2.30. The number of aryl methyl sites for hydroxylation is 4. The first kappa shape index (κ1) is 29.4. The van der Waals surface area contributed by atoms with Crippen molar-refractivity contribution in [1.29, 1.82) is 0 Å². The van der Waals surface area contributed by atoms with Gasteiger partial charge in [0.25, 0.3) is 0 Å². The van der Waals surface area contributed by atoms with Gasteiger partial charge in [0.1, 0.15) is 25.1 Å². The van der Waals surface area contributed by atoms with Gasteiger partial charge in [-0.15, -0.1) is 0 Å². The van der Waals surface area contributed by atoms with Crippen LogP contribution in [0.4, 0.5) is 22.7 Å². The van der Waals surface area contributed by atoms with E-state index in [1.54, 1.807) is 0 Å². The summed E-state index contributed by atoms with van der Waals surface area (Å²) in [4.78, 5) is 0. The van der Waals surface area contributed by atoms with Crippen LogP contribution in [0.3, 0.4) is 0 Å². The van der Waals surface area contributed by atoms with Crippen molar-refractivity contribution in [2.24, 2.45) is 0 Å². The van der Waals surface area contributed by atoms with E-state index in [2.05, 4.69) is 146 Å². The minimum atomic E-state index is -1.65. The number of rotatable bonds is 12. The molecule has 0 fully saturated rings. The van der Waals surface area contributed by atoms with Crippen molar-refractivity contribution in [3.63, 3.8) is 0 Å². The third kappa shape index (κ3) is 8.97. The van der Waals surface area contributed by atoms with Crippen LogP contribution in [0.15, 0.2) is 97.1 Å². The maximum atomic E-state index is 3.78. The van der Waals surface area contributed by atoms with E-state index in [0.29, 0.717) is 0 Å². The SMILES string of the molecule is Cc1ccc(NC[P+](CNc2ccc(C)cc2)(CNc2ccc(C)cc2)CNc2ccc(C)cc2)cc1.[Cl-]. The van der Waals surface area contributed by atoms with E-state index in [1.165, 1.54) is 22.3 Å². The van der Waals surface area contributed by atoms with Gasteiger partial charge in [-0.25, -0.2) is 0 Å². The van der Waals surface area contributed by atoms with Crippen LogP contribution in [0.5, 0.6) is 0 Å². The van der Waals surface area contributed by atoms with Crippen molar-refractivity contribution in [3.05, 3.63) is 119 Å². The van der Waals surface area contributed by atoms with Gasteiger partial charge in [0.2, 0.25) is 0 Å². The summed E-state index contributed by atoms with van der Waals surface area (Å²) < 4.78 is 0. The Labute approximate surface area is 235 Å². The molecule has 0 aliphatic rings. The van der Waals surface area contributed by atoms with Gasteiger partial charge in [0.15, 0.2) is 0 Å². The first-order valence-electron chi connectivity index (χ1n) is 13.0. The number of hydrogen-bond acceptors (Lipinski definition) is 4. The van der Waals surface area contributed by atoms with E-state index in [4.69, 9.17) is 0 Å². The van der Waals surface area contributed by atoms with E-state index < -0.39 is 7.26 Å². The Hall–Kier alpha value is -3.20. The Bertz CT molecular complexity index is 1040. The fourth-order valence-electron chi connectivity index (χ4n) is 4.06. The quantitative estimate of drug-likeness (QED) is 0.177. The normalized spacial score (nSPS) is 10.8. The summed E-state index contributed by atoms with van der Waals surface area (Å²) in [5.74, 6) is 0. The first-order valence-corrected chi connectivity index (χ1v) is 15.5. The molecule has 0 saturated heterocycles. The van der Waals surface area contributed by atoms with Crippen LogP contribution < -0.4 is 33.7 Å². The molecule has 0 atom stereocenters. The zero-order chi connectivity index (χ0) is 26.1. The molecule has 0 saturated carbocycles. The lowest BCUT2D eigenvalue weighted by molar-refractivity contribution is -0.00000770. The molecule has 0 heterocycles. The van der Waals surface area contributed by atoms with Crippen molar-refractivity contribution < 1.29 is 12.4 Å². The summed E-state index contributed by atoms with van der Waals surface area (Å²) in [6, 6.07) is 34.8. The molecule has 38 heavy (non-hydrogen) atoms. The number of benzene rings is 4. The molecule has 200 valence electrons. The van der Waals surface area contributed by atoms with Crippen LogP contribution in [-0.4, -0.2) is 25.1 Å². The zero-order valence-electron chi connectivity index (χ0n) is 22.9. The van der Waals surface area contributed by atoms with Crippen molar-refractivity contribution >= 4 is 30.0 Å². The van der Waals surface area contributed by atoms with Crippen molar-refractivity contribution in [2.45, 2.75) is 27.7 Å². The van der Waals surface area contributed by atoms with E-state index in [-0.39, 0.29) is 12.4 Å². The summed E-state index contributed by atoms with van der Waals surface area (Å²) in [5.41, 5.74) is 9.74. The van der Waals surface area contributed by atoms with Gasteiger partial charge < -0.3 is 33.7 Å². The van der Waals surface area contributed by atoms with Gasteiger partial charge in [-0.05, 0) is 76.2 Å². The second-order valence-corrected chi connectivity index (χ2v) is 14.1. The van der Waals surface area contributed by atoms with E-state index >= 15 is 0 Å². The minimum absolute atomic E-state index is 0. The highest BCUT2D eigenvalue weighted by molar-refractivity contribution is 7.76. The molecule has 0 unspecified atom stereocenters. The van der Waals surface area contributed by atoms with E-state index in [0.717, 1.165) is 47.9 Å². The molecule has 0 radical (unpaired) electrons. The molecule has 0 aliphatic carbocycles. The molecule has 0 amide bonds. The summed E-state index contributed by atoms with van der Waals surface area (Å²) in [6.45, 7) is 8.51. The molecule has 4 aromatic carbocycles. The fourth-order valence-corrected chi connectivity index (χ4v) is 6.80. The lowest BCUT2D eigenvalue weighted by atomic mass is 10.2. The van der Waals surface area contributed by atoms with Gasteiger partial charge >= 0.3 is 0 Å². The molecule has 4 N–H and O–H groups in total. The van der Waals surface area contributed by atoms with Gasteiger partial charge in [-0.2, -0.15) is 0 Å². The molecule has 0 bridgehead atoms. The summed E-state index contributed by atoms with van der Waals surface area (Å²) in [6.07, 6.45) is 3.64. The highest BCUT2D eigenvalue weighted by Crippen LogP contribution is 2.57. The predicted molar refractivity (Wildman–Crippen MR) is 166 cm³/mol. The van der Waals surface area contributed by atoms with Crippen LogP contribution in [-0.2, 0) is 0 Å². The van der Waals surface area contributed by atoms with Crippen molar-refractivity contribution in [1.82, 2.24) is 0 Å². The van der Waals surface area contributed by atoms with Gasteiger partial charge in [-0.1, -0.05) is 70.8 Å². The largest absolute Gasteiger partial charge is 1.00 e. The van der Waals surface area contributed by atoms with Crippen LogP contribution in [0.2, 0.25) is 0 Å². The Morgan fingerprint density at radius 3 is 0.737 bits per heavy atom. The summed E-state index contributed by atoms with van der Waals surface area (Å²) in [5, 5.41) is 15.1. The molecule has 0 aliphatic heterocycles. The monoisotopic (exact) mass is 546 g/mol. The Kier molecular flexibility index (Phi) is 10.9. The van der Waals surface area contributed by atoms with Crippen LogP contribution >= 0.6 is 7.26 Å². The average molecular weight is 547 g/mol. The standard InChI is InChI=1S/C32H40N4P.ClH/c1-25-5-13-29(14-6-25)33-21-37(22-34-30-15-7-26(2)8-16-30,23-35-31-17-9-27(3)10-18-31)24-36-32-19-11-28(4)12-20-32;/h5-20,33-36H,21-24H2,1-4H3;1H/q+1;/p-1. The highest BCUT2D eigenvalue weighted by Gasteiger charge is 2.38. The maximum Gasteiger partial charge on any atom is 0.133 e. The third-order valence-corrected chi connectivity index (χ3v) is 10.00. The zero-order valence-corrected chi connectivity index (χ0v) is 24.5. The minimum Gasteiger partial charge on any atom is -1.00 e. The highest BCUT2D eigenvalue weighted by atomic mass is 35.5. The van der Waals surface area contributed by atoms with Crippen LogP contribution in [0, 0.1) is 27.7 Å². The molecule has 6 heteroatoms. The second-order valence-electron chi connectivity index (χ2n) is 10.1. The Balaban J connectivity index is 0.00000400. The Morgan fingerprint density at radius 2 is 0.553 bits per heavy atom. The molecule has 4 aromatic rings. The van der Waals surface area contributed by atoms with E-state index in [9.17, 15) is 0 Å². The molecular formula is C32H40ClN4P. The maximum absolute atomic E-state index is 3.78. The number of hydrogen-bond donors (Lipinski definition) is 4. The molecular weight excluding hydrogens is 507 g/mol. The van der Waals surface area contributed by atoms with E-state index in [1.807, 2.05) is 0 Å². The van der Waals surface area contributed by atoms with Crippen molar-refractivity contribution in [2.75, 3.05) is 46.4 Å². The summed E-state index contributed by atoms with van der Waals surface area (Å²) in [7, 11) is -1.65. The fraction of sp³-hybridized carbons (Fsp3) is 0.250. The van der Waals surface area contributed by atoms with Crippen LogP contribution in [0.25, 0.3) is 0 Å². The second kappa shape index (κ2) is 14.1.